The van der Waals surface area contributed by atoms with E-state index in [4.69, 9.17) is 20.5 Å². The predicted octanol–water partition coefficient (Wildman–Crippen LogP) is -1.11. The quantitative estimate of drug-likeness (QED) is 0.124. The van der Waals surface area contributed by atoms with E-state index in [1.165, 1.54) is 25.8 Å². The number of carbonyl (C=O) groups is 9. The number of likely N-dealkylation sites (N-methyl/N-ethyl adjacent to an activating group) is 5. The number of nitrogens with zero attached hydrogens (tertiary/aromatic N) is 6. The minimum atomic E-state index is -1.16. The van der Waals surface area contributed by atoms with E-state index < -0.39 is 58.6 Å². The number of hydrogen-bond donors (Lipinski definition) is 5. The van der Waals surface area contributed by atoms with Crippen LogP contribution in [-0.4, -0.2) is 191 Å². The van der Waals surface area contributed by atoms with Crippen molar-refractivity contribution in [1.82, 2.24) is 35.0 Å². The van der Waals surface area contributed by atoms with Crippen LogP contribution in [0.5, 0.6) is 0 Å². The Morgan fingerprint density at radius 3 is 1.25 bits per heavy atom. The van der Waals surface area contributed by atoms with E-state index in [0.717, 1.165) is 0 Å². The molecule has 2 saturated heterocycles. The molecule has 0 aromatic carbocycles. The number of carbonyl (C=O) groups excluding carboxylic acids is 6. The van der Waals surface area contributed by atoms with Crippen LogP contribution in [0, 0.1) is 0 Å². The van der Waals surface area contributed by atoms with Gasteiger partial charge in [-0.15, -0.1) is 5.06 Å². The minimum Gasteiger partial charge on any atom is -0.480 e. The topological polar surface area (TPSA) is 275 Å². The van der Waals surface area contributed by atoms with E-state index in [2.05, 4.69) is 10.2 Å². The van der Waals surface area contributed by atoms with Gasteiger partial charge in [0.2, 0.25) is 5.91 Å². The number of amides is 5. The second-order valence-electron chi connectivity index (χ2n) is 12.7. The number of carboxylic acids is 3. The smallest absolute Gasteiger partial charge is 0.347 e. The molecule has 2 aliphatic heterocycles. The summed E-state index contributed by atoms with van der Waals surface area (Å²) in [5.41, 5.74) is -1.95. The van der Waals surface area contributed by atoms with E-state index in [9.17, 15) is 43.2 Å². The van der Waals surface area contributed by atoms with E-state index in [0.29, 0.717) is 5.06 Å². The Morgan fingerprint density at radius 1 is 0.673 bits per heavy atom. The summed E-state index contributed by atoms with van der Waals surface area (Å²) in [5.74, 6) is -5.37. The molecule has 0 aromatic rings. The molecule has 0 radical (unpaired) electrons. The van der Waals surface area contributed by atoms with Crippen molar-refractivity contribution in [1.29, 1.82) is 0 Å². The van der Waals surface area contributed by atoms with Crippen LogP contribution in [0.2, 0.25) is 0 Å². The summed E-state index contributed by atoms with van der Waals surface area (Å²) in [6.07, 6.45) is 0.535. The lowest BCUT2D eigenvalue weighted by Gasteiger charge is -2.32. The lowest BCUT2D eigenvalue weighted by Crippen LogP contribution is -2.52. The van der Waals surface area contributed by atoms with Gasteiger partial charge >= 0.3 is 23.9 Å². The molecule has 2 fully saturated rings. The molecule has 0 aromatic heterocycles. The van der Waals surface area contributed by atoms with Crippen LogP contribution in [0.3, 0.4) is 0 Å². The summed E-state index contributed by atoms with van der Waals surface area (Å²) < 4.78 is 0. The van der Waals surface area contributed by atoms with E-state index in [-0.39, 0.29) is 63.7 Å². The predicted molar refractivity (Wildman–Crippen MR) is 185 cm³/mol. The first-order chi connectivity index (χ1) is 23.0. The highest BCUT2D eigenvalue weighted by molar-refractivity contribution is 6.01. The zero-order valence-electron chi connectivity index (χ0n) is 31.5. The first-order valence-corrected chi connectivity index (χ1v) is 15.2. The third-order valence-corrected chi connectivity index (χ3v) is 6.47. The summed E-state index contributed by atoms with van der Waals surface area (Å²) in [7, 11) is 13.5. The molecule has 21 nitrogen and oxygen atoms in total. The molecule has 302 valence electrons. The van der Waals surface area contributed by atoms with E-state index >= 15 is 0 Å². The molecule has 2 heterocycles. The van der Waals surface area contributed by atoms with Crippen molar-refractivity contribution in [3.8, 4) is 0 Å². The van der Waals surface area contributed by atoms with Gasteiger partial charge in [-0.3, -0.25) is 48.6 Å². The Kier molecular flexibility index (Phi) is 26.5. The standard InChI is InChI=1S/C9H18N2O3.C8H12N2O4.C5H11NO2.C4H5NO3.C4H9NO2.CH4/c1-9(2,8(13)14)11(5)7(12)6-10(3)4;1-9(2)5-8(13)14-10-6(11)3-4-7(10)12;1-5(2,6-3)4(7)8;6-3-1-2-4(7)5(3)8;1-5(2)3-4(6)7;/h6H2,1-5H3,(H,13,14);3-5H2,1-2H3;6H,1-3H3,(H,7,8);8H,1-2H2;3H2,1-2H3,(H,6,7);1H4. The van der Waals surface area contributed by atoms with Gasteiger partial charge < -0.3 is 35.3 Å². The fourth-order valence-electron chi connectivity index (χ4n) is 2.82. The number of imide groups is 2. The monoisotopic (exact) mass is 753 g/mol. The van der Waals surface area contributed by atoms with Crippen LogP contribution in [0.1, 0.15) is 60.8 Å². The Morgan fingerprint density at radius 2 is 1.04 bits per heavy atom. The molecule has 5 amide bonds. The molecular formula is C31H59N7O14. The first kappa shape index (κ1) is 54.2. The van der Waals surface area contributed by atoms with Gasteiger partial charge in [-0.05, 0) is 77.0 Å². The molecule has 21 heteroatoms. The average Bonchev–Trinajstić information content (AvgIpc) is 3.46. The van der Waals surface area contributed by atoms with Gasteiger partial charge in [-0.25, -0.2) is 9.59 Å². The number of aliphatic carboxylic acids is 3. The van der Waals surface area contributed by atoms with Crippen LogP contribution >= 0.6 is 0 Å². The zero-order chi connectivity index (χ0) is 41.0. The second kappa shape index (κ2) is 25.4. The third-order valence-electron chi connectivity index (χ3n) is 6.47. The maximum atomic E-state index is 11.5. The van der Waals surface area contributed by atoms with Crippen molar-refractivity contribution in [2.24, 2.45) is 0 Å². The van der Waals surface area contributed by atoms with Gasteiger partial charge in [-0.2, -0.15) is 5.06 Å². The van der Waals surface area contributed by atoms with Crippen molar-refractivity contribution < 1.29 is 68.5 Å². The number of rotatable bonds is 11. The summed E-state index contributed by atoms with van der Waals surface area (Å²) >= 11 is 0. The highest BCUT2D eigenvalue weighted by atomic mass is 16.7. The fourth-order valence-corrected chi connectivity index (χ4v) is 2.82. The summed E-state index contributed by atoms with van der Waals surface area (Å²) in [4.78, 5) is 107. The van der Waals surface area contributed by atoms with E-state index in [1.807, 2.05) is 0 Å². The van der Waals surface area contributed by atoms with Gasteiger partial charge in [-0.1, -0.05) is 7.43 Å². The van der Waals surface area contributed by atoms with Gasteiger partial charge in [0.1, 0.15) is 11.1 Å². The fraction of sp³-hybridized carbons (Fsp3) is 0.710. The summed E-state index contributed by atoms with van der Waals surface area (Å²) in [6.45, 7) is 6.58. The molecule has 0 atom stereocenters. The van der Waals surface area contributed by atoms with Crippen LogP contribution in [0.4, 0.5) is 0 Å². The lowest BCUT2D eigenvalue weighted by molar-refractivity contribution is -0.197. The molecule has 2 rings (SSSR count). The maximum absolute atomic E-state index is 11.5. The SMILES string of the molecule is C.CN(C)CC(=O)N(C)C(C)(C)C(=O)O.CN(C)CC(=O)O.CN(C)CC(=O)ON1C(=O)CCC1=O.CNC(C)(C)C(=O)O.O=C1CCC(=O)N1O. The molecular weight excluding hydrogens is 694 g/mol. The average molecular weight is 754 g/mol. The van der Waals surface area contributed by atoms with Gasteiger partial charge in [0, 0.05) is 32.7 Å². The number of hydroxylamine groups is 4. The molecule has 5 N–H and O–H groups in total. The number of hydrogen-bond acceptors (Lipinski definition) is 15. The van der Waals surface area contributed by atoms with Crippen LogP contribution < -0.4 is 5.32 Å². The Hall–Kier alpha value is -4.57. The Bertz CT molecular complexity index is 1200. The van der Waals surface area contributed by atoms with Crippen molar-refractivity contribution in [3.05, 3.63) is 0 Å². The van der Waals surface area contributed by atoms with Crippen LogP contribution in [-0.2, 0) is 48.0 Å². The zero-order valence-corrected chi connectivity index (χ0v) is 31.5. The molecule has 52 heavy (non-hydrogen) atoms. The molecule has 0 unspecified atom stereocenters. The van der Waals surface area contributed by atoms with Crippen LogP contribution in [0.25, 0.3) is 0 Å². The summed E-state index contributed by atoms with van der Waals surface area (Å²) in [6, 6.07) is 0. The van der Waals surface area contributed by atoms with Gasteiger partial charge in [0.15, 0.2) is 0 Å². The molecule has 0 bridgehead atoms. The van der Waals surface area contributed by atoms with Gasteiger partial charge in [0.05, 0.1) is 19.6 Å². The second-order valence-corrected chi connectivity index (χ2v) is 12.7. The molecule has 2 aliphatic rings. The Labute approximate surface area is 304 Å². The number of nitrogens with one attached hydrogen (secondary N) is 1. The van der Waals surface area contributed by atoms with Gasteiger partial charge in [0.25, 0.3) is 23.6 Å². The highest BCUT2D eigenvalue weighted by Gasteiger charge is 2.35. The van der Waals surface area contributed by atoms with Crippen LogP contribution in [0.15, 0.2) is 0 Å². The maximum Gasteiger partial charge on any atom is 0.347 e. The minimum absolute atomic E-state index is 0. The first-order valence-electron chi connectivity index (χ1n) is 15.2. The highest BCUT2D eigenvalue weighted by Crippen LogP contribution is 2.13. The largest absolute Gasteiger partial charge is 0.480 e. The van der Waals surface area contributed by atoms with E-state index in [1.54, 1.807) is 77.9 Å². The molecule has 0 aliphatic carbocycles. The normalized spacial score (nSPS) is 13.8. The van der Waals surface area contributed by atoms with Crippen molar-refractivity contribution >= 4 is 53.4 Å². The number of carboxylic acid groups (broad SMARTS) is 3. The molecule has 0 spiro atoms. The summed E-state index contributed by atoms with van der Waals surface area (Å²) in [5, 5.41) is 37.1. The lowest BCUT2D eigenvalue weighted by atomic mass is 10.0. The molecule has 0 saturated carbocycles. The van der Waals surface area contributed by atoms with Crippen molar-refractivity contribution in [3.63, 3.8) is 0 Å². The van der Waals surface area contributed by atoms with Crippen molar-refractivity contribution in [2.75, 3.05) is 76.0 Å². The van der Waals surface area contributed by atoms with Crippen molar-refractivity contribution in [2.45, 2.75) is 71.9 Å². The Balaban J connectivity index is -0.000000284. The third kappa shape index (κ3) is 23.0.